The quantitative estimate of drug-likeness (QED) is 0.161. The van der Waals surface area contributed by atoms with E-state index < -0.39 is 0 Å². The molecule has 45 heavy (non-hydrogen) atoms. The summed E-state index contributed by atoms with van der Waals surface area (Å²) in [6.45, 7) is 23.4. The Morgan fingerprint density at radius 3 is 1.36 bits per heavy atom. The third-order valence-corrected chi connectivity index (χ3v) is 9.08. The molecule has 0 spiro atoms. The molecule has 236 valence electrons. The summed E-state index contributed by atoms with van der Waals surface area (Å²) < 4.78 is 0. The first-order valence-corrected chi connectivity index (χ1v) is 16.9. The summed E-state index contributed by atoms with van der Waals surface area (Å²) >= 11 is 0. The van der Waals surface area contributed by atoms with Gasteiger partial charge in [-0.05, 0) is 106 Å². The van der Waals surface area contributed by atoms with E-state index in [1.165, 1.54) is 39.3 Å². The molecule has 0 fully saturated rings. The fourth-order valence-electron chi connectivity index (χ4n) is 6.30. The summed E-state index contributed by atoms with van der Waals surface area (Å²) in [7, 11) is 0. The summed E-state index contributed by atoms with van der Waals surface area (Å²) in [5, 5.41) is 0. The summed E-state index contributed by atoms with van der Waals surface area (Å²) in [6.07, 6.45) is 15.8. The van der Waals surface area contributed by atoms with Crippen LogP contribution in [0.4, 0.5) is 17.1 Å². The number of hydrogen-bond donors (Lipinski definition) is 0. The Labute approximate surface area is 273 Å². The summed E-state index contributed by atoms with van der Waals surface area (Å²) in [6, 6.07) is 27.3. The number of nitrogens with zero attached hydrogens (tertiary/aromatic N) is 3. The van der Waals surface area contributed by atoms with E-state index in [2.05, 4.69) is 178 Å². The van der Waals surface area contributed by atoms with Gasteiger partial charge in [-0.25, -0.2) is 0 Å². The van der Waals surface area contributed by atoms with Crippen molar-refractivity contribution < 1.29 is 0 Å². The van der Waals surface area contributed by atoms with Crippen LogP contribution >= 0.6 is 0 Å². The minimum absolute atomic E-state index is 0.212. The van der Waals surface area contributed by atoms with Gasteiger partial charge >= 0.3 is 0 Å². The van der Waals surface area contributed by atoms with Crippen LogP contribution in [0.5, 0.6) is 0 Å². The molecule has 0 saturated carbocycles. The zero-order valence-electron chi connectivity index (χ0n) is 28.4. The van der Waals surface area contributed by atoms with Crippen molar-refractivity contribution >= 4 is 22.6 Å². The topological polar surface area (TPSA) is 9.72 Å². The third kappa shape index (κ3) is 8.48. The highest BCUT2D eigenvalue weighted by Crippen LogP contribution is 2.33. The minimum atomic E-state index is 0.212. The van der Waals surface area contributed by atoms with Crippen LogP contribution in [0.1, 0.15) is 64.2 Å². The highest BCUT2D eigenvalue weighted by Gasteiger charge is 2.18. The van der Waals surface area contributed by atoms with Gasteiger partial charge in [-0.3, -0.25) is 0 Å². The Kier molecular flexibility index (Phi) is 12.5. The van der Waals surface area contributed by atoms with Gasteiger partial charge in [0.25, 0.3) is 0 Å². The molecular weight excluding hydrogens is 546 g/mol. The fourth-order valence-corrected chi connectivity index (χ4v) is 6.30. The van der Waals surface area contributed by atoms with Crippen LogP contribution in [0.2, 0.25) is 0 Å². The lowest BCUT2D eigenvalue weighted by Gasteiger charge is -2.24. The Morgan fingerprint density at radius 2 is 0.978 bits per heavy atom. The normalized spacial score (nSPS) is 13.7. The van der Waals surface area contributed by atoms with E-state index in [1.807, 2.05) is 0 Å². The van der Waals surface area contributed by atoms with Crippen LogP contribution in [0, 0.1) is 5.92 Å². The van der Waals surface area contributed by atoms with E-state index in [4.69, 9.17) is 0 Å². The molecule has 1 aliphatic carbocycles. The Balaban J connectivity index is 1.73. The Hall–Kier alpha value is -4.24. The van der Waals surface area contributed by atoms with Crippen molar-refractivity contribution in [3.05, 3.63) is 144 Å². The first-order valence-electron chi connectivity index (χ1n) is 16.9. The molecule has 0 heterocycles. The molecule has 0 bridgehead atoms. The van der Waals surface area contributed by atoms with Gasteiger partial charge in [0.2, 0.25) is 0 Å². The Bertz CT molecular complexity index is 1390. The van der Waals surface area contributed by atoms with E-state index in [9.17, 15) is 0 Å². The smallest absolute Gasteiger partial charge is 0.0366 e. The molecule has 4 rings (SSSR count). The first-order chi connectivity index (χ1) is 22.0. The van der Waals surface area contributed by atoms with E-state index in [0.29, 0.717) is 0 Å². The van der Waals surface area contributed by atoms with Gasteiger partial charge in [-0.2, -0.15) is 0 Å². The van der Waals surface area contributed by atoms with Gasteiger partial charge in [0.05, 0.1) is 0 Å². The third-order valence-electron chi connectivity index (χ3n) is 9.08. The van der Waals surface area contributed by atoms with Crippen molar-refractivity contribution in [1.82, 2.24) is 0 Å². The average Bonchev–Trinajstić information content (AvgIpc) is 3.08. The summed E-state index contributed by atoms with van der Waals surface area (Å²) in [5.41, 5.74) is 9.84. The van der Waals surface area contributed by atoms with Crippen LogP contribution in [-0.4, -0.2) is 39.3 Å². The molecule has 1 unspecified atom stereocenters. The second kappa shape index (κ2) is 16.7. The maximum Gasteiger partial charge on any atom is 0.0366 e. The minimum Gasteiger partial charge on any atom is -0.372 e. The van der Waals surface area contributed by atoms with Crippen molar-refractivity contribution in [3.8, 4) is 0 Å². The molecule has 3 aromatic rings. The molecule has 1 atom stereocenters. The number of anilines is 3. The first kappa shape index (κ1) is 33.6. The van der Waals surface area contributed by atoms with Crippen molar-refractivity contribution in [1.29, 1.82) is 0 Å². The zero-order valence-corrected chi connectivity index (χ0v) is 28.4. The Morgan fingerprint density at radius 1 is 0.600 bits per heavy atom. The molecule has 1 aliphatic rings. The molecule has 3 aromatic carbocycles. The zero-order chi connectivity index (χ0) is 32.2. The van der Waals surface area contributed by atoms with Crippen molar-refractivity contribution in [2.24, 2.45) is 5.92 Å². The maximum absolute atomic E-state index is 4.13. The number of allylic oxidation sites excluding steroid dienone is 8. The van der Waals surface area contributed by atoms with Crippen molar-refractivity contribution in [2.75, 3.05) is 54.0 Å². The van der Waals surface area contributed by atoms with Gasteiger partial charge < -0.3 is 14.7 Å². The van der Waals surface area contributed by atoms with Gasteiger partial charge in [0, 0.05) is 68.2 Å². The molecule has 0 amide bonds. The van der Waals surface area contributed by atoms with Crippen molar-refractivity contribution in [2.45, 2.75) is 47.5 Å². The number of benzene rings is 3. The van der Waals surface area contributed by atoms with E-state index in [0.717, 1.165) is 44.8 Å². The second-order valence-corrected chi connectivity index (χ2v) is 11.6. The maximum atomic E-state index is 4.13. The predicted octanol–water partition coefficient (Wildman–Crippen LogP) is 10.3. The van der Waals surface area contributed by atoms with E-state index in [1.54, 1.807) is 0 Å². The highest BCUT2D eigenvalue weighted by molar-refractivity contribution is 5.82. The monoisotopic (exact) mass is 599 g/mol. The molecule has 3 nitrogen and oxygen atoms in total. The molecule has 0 aromatic heterocycles. The molecule has 0 radical (unpaired) electrons. The van der Waals surface area contributed by atoms with Crippen molar-refractivity contribution in [3.63, 3.8) is 0 Å². The summed E-state index contributed by atoms with van der Waals surface area (Å²) in [4.78, 5) is 7.18. The van der Waals surface area contributed by atoms with Crippen LogP contribution in [0.25, 0.3) is 5.57 Å². The lowest BCUT2D eigenvalue weighted by Crippen LogP contribution is -2.21. The van der Waals surface area contributed by atoms with Crippen LogP contribution in [0.15, 0.2) is 127 Å². The SMILES string of the molecule is C=C1C=CC(C(C=CC=C(c2ccc(N(CC)CC)cc2)c2ccc(N(CC)CC)cc2)c2ccc(N(CC)CC)cc2)C=C1. The summed E-state index contributed by atoms with van der Waals surface area (Å²) in [5.74, 6) is 0.480. The molecule has 0 aliphatic heterocycles. The van der Waals surface area contributed by atoms with Gasteiger partial charge in [0.15, 0.2) is 0 Å². The lowest BCUT2D eigenvalue weighted by molar-refractivity contribution is 0.702. The van der Waals surface area contributed by atoms with Crippen LogP contribution < -0.4 is 14.7 Å². The number of rotatable bonds is 15. The van der Waals surface area contributed by atoms with E-state index in [-0.39, 0.29) is 11.8 Å². The van der Waals surface area contributed by atoms with Gasteiger partial charge in [-0.15, -0.1) is 0 Å². The van der Waals surface area contributed by atoms with Gasteiger partial charge in [0.1, 0.15) is 0 Å². The van der Waals surface area contributed by atoms with Gasteiger partial charge in [-0.1, -0.05) is 85.5 Å². The number of hydrogen-bond acceptors (Lipinski definition) is 3. The average molecular weight is 600 g/mol. The predicted molar refractivity (Wildman–Crippen MR) is 200 cm³/mol. The standard InChI is InChI=1S/C42H53N3/c1-8-43(9-2)38-27-21-35(22-28-38)41(34-19-17-33(7)18-20-34)15-14-16-42(36-23-29-39(30-24-36)44(10-3)11-4)37-25-31-40(32-26-37)45(12-5)13-6/h14-32,34,41H,7-13H2,1-6H3. The fraction of sp³-hybridized carbons (Fsp3) is 0.333. The molecule has 0 saturated heterocycles. The molecule has 0 N–H and O–H groups in total. The molecule has 3 heteroatoms. The second-order valence-electron chi connectivity index (χ2n) is 11.6. The largest absolute Gasteiger partial charge is 0.372 e. The molecular formula is C42H53N3. The van der Waals surface area contributed by atoms with Crippen LogP contribution in [0.3, 0.4) is 0 Å². The van der Waals surface area contributed by atoms with E-state index >= 15 is 0 Å². The lowest BCUT2D eigenvalue weighted by atomic mass is 9.82. The van der Waals surface area contributed by atoms with Crippen LogP contribution in [-0.2, 0) is 0 Å². The highest BCUT2D eigenvalue weighted by atomic mass is 15.1.